The van der Waals surface area contributed by atoms with Gasteiger partial charge in [0.05, 0.1) is 9.85 Å². The Labute approximate surface area is 308 Å². The van der Waals surface area contributed by atoms with Crippen molar-refractivity contribution in [1.82, 2.24) is 9.13 Å². The third-order valence-electron chi connectivity index (χ3n) is 7.02. The van der Waals surface area contributed by atoms with E-state index < -0.39 is 32.7 Å². The smallest absolute Gasteiger partial charge is 0.271 e. The van der Waals surface area contributed by atoms with Crippen LogP contribution >= 0.6 is 0 Å². The normalized spacial score (nSPS) is 10.4. The first kappa shape index (κ1) is 41.7. The molecule has 0 aliphatic heterocycles. The van der Waals surface area contributed by atoms with Crippen LogP contribution in [-0.4, -0.2) is 39.4 Å². The number of azo groups is 2. The van der Waals surface area contributed by atoms with E-state index >= 15 is 0 Å². The van der Waals surface area contributed by atoms with E-state index in [1.165, 1.54) is 26.0 Å². The standard InChI is InChI=1S/2C16H13N5O5.Co/c2*1-3-6-20-15(23)11(8-17)9(2)14(16(20)24)19-18-12-7-10(21(25)26)4-5-13(12)22;/h2*3-5,7,22,24H,1,6H2,2H3;. The summed E-state index contributed by atoms with van der Waals surface area (Å²) in [6.45, 7) is 9.62. The van der Waals surface area contributed by atoms with Gasteiger partial charge in [-0.1, -0.05) is 12.2 Å². The molecule has 20 nitrogen and oxygen atoms in total. The van der Waals surface area contributed by atoms with E-state index in [4.69, 9.17) is 0 Å². The number of nitriles is 2. The van der Waals surface area contributed by atoms with Crippen molar-refractivity contribution in [3.63, 3.8) is 0 Å². The summed E-state index contributed by atoms with van der Waals surface area (Å²) in [5.74, 6) is -1.81. The number of nitro groups is 2. The molecule has 0 saturated heterocycles. The second kappa shape index (κ2) is 18.0. The topological polar surface area (TPSA) is 308 Å². The molecule has 0 atom stereocenters. The van der Waals surface area contributed by atoms with E-state index in [9.17, 15) is 60.8 Å². The summed E-state index contributed by atoms with van der Waals surface area (Å²) >= 11 is 0. The van der Waals surface area contributed by atoms with Gasteiger partial charge in [0.2, 0.25) is 11.8 Å². The minimum absolute atomic E-state index is 0. The van der Waals surface area contributed by atoms with Gasteiger partial charge in [-0.3, -0.25) is 39.0 Å². The Morgan fingerprint density at radius 1 is 0.717 bits per heavy atom. The fraction of sp³-hybridized carbons (Fsp3) is 0.125. The first-order chi connectivity index (χ1) is 24.6. The van der Waals surface area contributed by atoms with Gasteiger partial charge in [-0.05, 0) is 26.0 Å². The largest absolute Gasteiger partial charge is 0.506 e. The van der Waals surface area contributed by atoms with Gasteiger partial charge < -0.3 is 20.4 Å². The summed E-state index contributed by atoms with van der Waals surface area (Å²) in [4.78, 5) is 44.6. The molecule has 21 heteroatoms. The number of hydrogen-bond acceptors (Lipinski definition) is 16. The maximum Gasteiger partial charge on any atom is 0.271 e. The van der Waals surface area contributed by atoms with E-state index in [-0.39, 0.29) is 97.7 Å². The predicted molar refractivity (Wildman–Crippen MR) is 182 cm³/mol. The molecule has 4 aromatic rings. The van der Waals surface area contributed by atoms with Gasteiger partial charge in [-0.25, -0.2) is 0 Å². The molecule has 0 saturated carbocycles. The summed E-state index contributed by atoms with van der Waals surface area (Å²) in [7, 11) is 0. The molecule has 0 aliphatic rings. The number of pyridine rings is 2. The molecule has 4 N–H and O–H groups in total. The second-order valence-electron chi connectivity index (χ2n) is 10.2. The molecule has 2 heterocycles. The summed E-state index contributed by atoms with van der Waals surface area (Å²) in [6, 6.07) is 9.83. The Hall–Kier alpha value is -7.49. The van der Waals surface area contributed by atoms with Crippen LogP contribution < -0.4 is 11.1 Å². The Morgan fingerprint density at radius 3 is 1.34 bits per heavy atom. The van der Waals surface area contributed by atoms with Crippen LogP contribution in [0.5, 0.6) is 23.3 Å². The molecule has 0 unspecified atom stereocenters. The van der Waals surface area contributed by atoms with Crippen LogP contribution in [0.1, 0.15) is 22.3 Å². The Morgan fingerprint density at radius 2 is 1.06 bits per heavy atom. The fourth-order valence-corrected chi connectivity index (χ4v) is 4.33. The number of rotatable bonds is 10. The molecule has 4 rings (SSSR count). The summed E-state index contributed by atoms with van der Waals surface area (Å²) < 4.78 is 1.78. The molecule has 0 fully saturated rings. The van der Waals surface area contributed by atoms with E-state index in [0.29, 0.717) is 0 Å². The third kappa shape index (κ3) is 9.00. The molecule has 0 bridgehead atoms. The van der Waals surface area contributed by atoms with Crippen molar-refractivity contribution in [1.29, 1.82) is 10.5 Å². The van der Waals surface area contributed by atoms with Crippen LogP contribution in [0.3, 0.4) is 0 Å². The van der Waals surface area contributed by atoms with Crippen molar-refractivity contribution >= 4 is 34.1 Å². The predicted octanol–water partition coefficient (Wildman–Crippen LogP) is 5.90. The van der Waals surface area contributed by atoms with E-state index in [2.05, 4.69) is 33.6 Å². The van der Waals surface area contributed by atoms with E-state index in [1.54, 1.807) is 12.1 Å². The van der Waals surface area contributed by atoms with Gasteiger partial charge in [0, 0.05) is 65.3 Å². The number of non-ortho nitro benzene ring substituents is 2. The zero-order chi connectivity index (χ0) is 38.9. The molecule has 1 radical (unpaired) electrons. The molecular formula is C32H26CoN10O10. The van der Waals surface area contributed by atoms with Crippen LogP contribution in [0.4, 0.5) is 34.1 Å². The zero-order valence-corrected chi connectivity index (χ0v) is 28.5. The molecule has 273 valence electrons. The Bertz CT molecular complexity index is 2240. The van der Waals surface area contributed by atoms with Crippen LogP contribution in [-0.2, 0) is 29.9 Å². The monoisotopic (exact) mass is 769 g/mol. The van der Waals surface area contributed by atoms with Crippen LogP contribution in [0.2, 0.25) is 0 Å². The number of hydrogen-bond donors (Lipinski definition) is 4. The summed E-state index contributed by atoms with van der Waals surface area (Å²) in [6.07, 6.45) is 2.70. The first-order valence-electron chi connectivity index (χ1n) is 14.4. The molecular weight excluding hydrogens is 743 g/mol. The number of benzene rings is 2. The molecule has 53 heavy (non-hydrogen) atoms. The van der Waals surface area contributed by atoms with Crippen molar-refractivity contribution in [2.45, 2.75) is 26.9 Å². The van der Waals surface area contributed by atoms with Gasteiger partial charge >= 0.3 is 0 Å². The Kier molecular flexibility index (Phi) is 14.1. The number of aromatic nitrogens is 2. The Balaban J connectivity index is 0.000000360. The van der Waals surface area contributed by atoms with Crippen LogP contribution in [0.15, 0.2) is 91.8 Å². The zero-order valence-electron chi connectivity index (χ0n) is 27.5. The molecule has 0 amide bonds. The fourth-order valence-electron chi connectivity index (χ4n) is 4.33. The summed E-state index contributed by atoms with van der Waals surface area (Å²) in [5, 5.41) is 95.0. The average Bonchev–Trinajstić information content (AvgIpc) is 3.10. The molecule has 0 spiro atoms. The number of nitro benzene ring substituents is 2. The molecule has 2 aromatic heterocycles. The van der Waals surface area contributed by atoms with Gasteiger partial charge in [-0.2, -0.15) is 10.5 Å². The second-order valence-corrected chi connectivity index (χ2v) is 10.2. The number of nitrogens with zero attached hydrogens (tertiary/aromatic N) is 10. The number of aromatic hydroxyl groups is 4. The van der Waals surface area contributed by atoms with Crippen molar-refractivity contribution in [2.75, 3.05) is 0 Å². The molecule has 0 aliphatic carbocycles. The van der Waals surface area contributed by atoms with Crippen molar-refractivity contribution in [2.24, 2.45) is 20.5 Å². The third-order valence-corrected chi connectivity index (χ3v) is 7.02. The summed E-state index contributed by atoms with van der Waals surface area (Å²) in [5.41, 5.74) is -3.10. The number of phenolic OH excluding ortho intramolecular Hbond substituents is 2. The van der Waals surface area contributed by atoms with E-state index in [1.807, 2.05) is 0 Å². The van der Waals surface area contributed by atoms with Gasteiger partial charge in [-0.15, -0.1) is 33.6 Å². The first-order valence-corrected chi connectivity index (χ1v) is 14.4. The van der Waals surface area contributed by atoms with Gasteiger partial charge in [0.25, 0.3) is 22.5 Å². The van der Waals surface area contributed by atoms with Crippen molar-refractivity contribution < 1.29 is 47.1 Å². The number of allylic oxidation sites excluding steroid dienone is 2. The molecule has 2 aromatic carbocycles. The number of phenols is 2. The van der Waals surface area contributed by atoms with E-state index in [0.717, 1.165) is 45.5 Å². The SMILES string of the molecule is C=CCn1c(O)c(N=Nc2cc([N+](=O)[O-])ccc2O)c(C)c(C#N)c1=O.C=CCn1c(O)c(N=Nc2cc([N+](=O)[O-])ccc2O)c(C)c(C#N)c1=O.[Co]. The van der Waals surface area contributed by atoms with Gasteiger partial charge in [0.15, 0.2) is 11.4 Å². The minimum atomic E-state index is -0.709. The van der Waals surface area contributed by atoms with Crippen LogP contribution in [0.25, 0.3) is 0 Å². The average molecular weight is 770 g/mol. The quantitative estimate of drug-likeness (QED) is 0.0634. The maximum absolute atomic E-state index is 12.2. The van der Waals surface area contributed by atoms with Crippen molar-refractivity contribution in [3.05, 3.63) is 125 Å². The van der Waals surface area contributed by atoms with Crippen LogP contribution in [0, 0.1) is 56.7 Å². The van der Waals surface area contributed by atoms with Crippen molar-refractivity contribution in [3.8, 4) is 35.4 Å². The maximum atomic E-state index is 12.2. The van der Waals surface area contributed by atoms with Gasteiger partial charge in [0.1, 0.15) is 46.1 Å². The minimum Gasteiger partial charge on any atom is -0.506 e.